The van der Waals surface area contributed by atoms with Crippen LogP contribution in [0.15, 0.2) is 60.7 Å². The predicted octanol–water partition coefficient (Wildman–Crippen LogP) is 4.21. The van der Waals surface area contributed by atoms with Crippen molar-refractivity contribution in [3.63, 3.8) is 0 Å². The largest absolute Gasteiger partial charge is 0.282 e. The normalized spacial score (nSPS) is 13.8. The van der Waals surface area contributed by atoms with Crippen molar-refractivity contribution >= 4 is 28.1 Å². The summed E-state index contributed by atoms with van der Waals surface area (Å²) in [6.45, 7) is 1.28. The Kier molecular flexibility index (Phi) is 5.31. The Morgan fingerprint density at radius 2 is 1.80 bits per heavy atom. The molecule has 4 rings (SSSR count). The molecule has 1 aliphatic rings. The van der Waals surface area contributed by atoms with E-state index in [-0.39, 0.29) is 18.0 Å². The molecule has 7 heteroatoms. The van der Waals surface area contributed by atoms with Crippen LogP contribution in [0, 0.1) is 21.4 Å². The number of nitro benzene ring substituents is 1. The van der Waals surface area contributed by atoms with E-state index in [2.05, 4.69) is 6.07 Å². The number of nitrogens with zero attached hydrogens (tertiary/aromatic N) is 4. The van der Waals surface area contributed by atoms with Crippen LogP contribution in [0.1, 0.15) is 24.0 Å². The first-order valence-corrected chi connectivity index (χ1v) is 9.81. The lowest BCUT2D eigenvalue weighted by Crippen LogP contribution is -2.51. The Morgan fingerprint density at radius 3 is 2.57 bits per heavy atom. The minimum Gasteiger partial charge on any atom is -0.282 e. The summed E-state index contributed by atoms with van der Waals surface area (Å²) in [6.07, 6.45) is 1.94. The monoisotopic (exact) mass is 400 g/mol. The molecule has 1 aliphatic heterocycles. The molecule has 0 atom stereocenters. The first-order chi connectivity index (χ1) is 14.6. The molecule has 30 heavy (non-hydrogen) atoms. The van der Waals surface area contributed by atoms with Gasteiger partial charge in [-0.05, 0) is 30.5 Å². The van der Waals surface area contributed by atoms with E-state index in [9.17, 15) is 20.2 Å². The molecule has 0 unspecified atom stereocenters. The maximum Gasteiger partial charge on any atom is 0.269 e. The van der Waals surface area contributed by atoms with Crippen molar-refractivity contribution in [3.8, 4) is 6.07 Å². The van der Waals surface area contributed by atoms with Gasteiger partial charge in [-0.2, -0.15) is 5.26 Å². The van der Waals surface area contributed by atoms with Crippen LogP contribution in [0.2, 0.25) is 0 Å². The Morgan fingerprint density at radius 1 is 1.03 bits per heavy atom. The van der Waals surface area contributed by atoms with E-state index in [0.717, 1.165) is 29.3 Å². The molecule has 0 aliphatic carbocycles. The SMILES string of the molecule is N#Cc1ccc(N2CCCCN2C(=O)Cc2cccc([N+](=O)[O-])c2)c2ccccc12. The lowest BCUT2D eigenvalue weighted by molar-refractivity contribution is -0.384. The first-order valence-electron chi connectivity index (χ1n) is 9.81. The van der Waals surface area contributed by atoms with Gasteiger partial charge in [0, 0.05) is 36.0 Å². The van der Waals surface area contributed by atoms with Crippen LogP contribution in [0.25, 0.3) is 10.8 Å². The number of fused-ring (bicyclic) bond motifs is 1. The molecule has 1 amide bonds. The molecule has 7 nitrogen and oxygen atoms in total. The summed E-state index contributed by atoms with van der Waals surface area (Å²) >= 11 is 0. The number of hydrogen-bond donors (Lipinski definition) is 0. The molecule has 0 aromatic heterocycles. The molecule has 3 aromatic rings. The van der Waals surface area contributed by atoms with E-state index >= 15 is 0 Å². The van der Waals surface area contributed by atoms with Crippen molar-refractivity contribution < 1.29 is 9.72 Å². The summed E-state index contributed by atoms with van der Waals surface area (Å²) in [6, 6.07) is 19.8. The summed E-state index contributed by atoms with van der Waals surface area (Å²) in [5.74, 6) is -0.108. The van der Waals surface area contributed by atoms with Crippen molar-refractivity contribution in [1.29, 1.82) is 5.26 Å². The summed E-state index contributed by atoms with van der Waals surface area (Å²) in [5.41, 5.74) is 2.08. The van der Waals surface area contributed by atoms with Crippen LogP contribution >= 0.6 is 0 Å². The van der Waals surface area contributed by atoms with Crippen molar-refractivity contribution in [2.24, 2.45) is 0 Å². The zero-order valence-corrected chi connectivity index (χ0v) is 16.3. The number of carbonyl (C=O) groups is 1. The molecule has 3 aromatic carbocycles. The van der Waals surface area contributed by atoms with Crippen LogP contribution in [0.5, 0.6) is 0 Å². The number of carbonyl (C=O) groups excluding carboxylic acids is 1. The van der Waals surface area contributed by atoms with Gasteiger partial charge in [-0.1, -0.05) is 36.4 Å². The fraction of sp³-hybridized carbons (Fsp3) is 0.217. The van der Waals surface area contributed by atoms with Crippen molar-refractivity contribution in [2.75, 3.05) is 18.1 Å². The van der Waals surface area contributed by atoms with Crippen molar-refractivity contribution in [3.05, 3.63) is 81.9 Å². The van der Waals surface area contributed by atoms with Gasteiger partial charge in [0.25, 0.3) is 5.69 Å². The third-order valence-electron chi connectivity index (χ3n) is 5.35. The first kappa shape index (κ1) is 19.4. The van der Waals surface area contributed by atoms with Crippen LogP contribution < -0.4 is 5.01 Å². The Hall–Kier alpha value is -3.92. The van der Waals surface area contributed by atoms with E-state index in [0.29, 0.717) is 24.2 Å². The molecule has 0 spiro atoms. The van der Waals surface area contributed by atoms with Crippen molar-refractivity contribution in [2.45, 2.75) is 19.3 Å². The van der Waals surface area contributed by atoms with E-state index in [1.54, 1.807) is 23.2 Å². The molecule has 0 N–H and O–H groups in total. The molecule has 1 heterocycles. The maximum absolute atomic E-state index is 13.2. The van der Waals surface area contributed by atoms with Gasteiger partial charge in [-0.15, -0.1) is 0 Å². The zero-order chi connectivity index (χ0) is 21.1. The summed E-state index contributed by atoms with van der Waals surface area (Å²) in [4.78, 5) is 23.7. The number of nitriles is 1. The molecule has 0 bridgehead atoms. The van der Waals surface area contributed by atoms with Gasteiger partial charge >= 0.3 is 0 Å². The predicted molar refractivity (Wildman–Crippen MR) is 114 cm³/mol. The zero-order valence-electron chi connectivity index (χ0n) is 16.3. The Labute approximate surface area is 173 Å². The summed E-state index contributed by atoms with van der Waals surface area (Å²) in [7, 11) is 0. The van der Waals surface area contributed by atoms with Crippen LogP contribution in [-0.4, -0.2) is 28.9 Å². The highest BCUT2D eigenvalue weighted by Gasteiger charge is 2.27. The molecule has 0 saturated carbocycles. The summed E-state index contributed by atoms with van der Waals surface area (Å²) < 4.78 is 0. The molecule has 0 radical (unpaired) electrons. The second-order valence-electron chi connectivity index (χ2n) is 7.24. The van der Waals surface area contributed by atoms with Gasteiger partial charge in [0.1, 0.15) is 0 Å². The topological polar surface area (TPSA) is 90.5 Å². The minimum atomic E-state index is -0.454. The van der Waals surface area contributed by atoms with Gasteiger partial charge in [0.05, 0.1) is 28.7 Å². The molecule has 150 valence electrons. The van der Waals surface area contributed by atoms with E-state index in [1.165, 1.54) is 12.1 Å². The van der Waals surface area contributed by atoms with E-state index in [4.69, 9.17) is 0 Å². The van der Waals surface area contributed by atoms with E-state index < -0.39 is 4.92 Å². The van der Waals surface area contributed by atoms with E-state index in [1.807, 2.05) is 35.3 Å². The number of benzene rings is 3. The number of anilines is 1. The molecular formula is C23H20N4O3. The highest BCUT2D eigenvalue weighted by Crippen LogP contribution is 2.32. The van der Waals surface area contributed by atoms with Gasteiger partial charge in [-0.3, -0.25) is 24.9 Å². The highest BCUT2D eigenvalue weighted by atomic mass is 16.6. The molecule has 1 fully saturated rings. The van der Waals surface area contributed by atoms with Gasteiger partial charge < -0.3 is 0 Å². The Bertz CT molecular complexity index is 1170. The number of hydrazine groups is 1. The minimum absolute atomic E-state index is 0.0195. The third kappa shape index (κ3) is 3.67. The highest BCUT2D eigenvalue weighted by molar-refractivity contribution is 5.98. The fourth-order valence-corrected chi connectivity index (χ4v) is 3.93. The average molecular weight is 400 g/mol. The fourth-order valence-electron chi connectivity index (χ4n) is 3.93. The smallest absolute Gasteiger partial charge is 0.269 e. The average Bonchev–Trinajstić information content (AvgIpc) is 2.78. The number of nitro groups is 1. The summed E-state index contributed by atoms with van der Waals surface area (Å²) in [5, 5.41) is 25.9. The lowest BCUT2D eigenvalue weighted by Gasteiger charge is -2.40. The quantitative estimate of drug-likeness (QED) is 0.483. The maximum atomic E-state index is 13.2. The standard InChI is InChI=1S/C23H20N4O3/c24-16-18-10-11-22(21-9-2-1-8-20(18)21)25-12-3-4-13-26(25)23(28)15-17-6-5-7-19(14-17)27(29)30/h1-2,5-11,14H,3-4,12-13,15H2. The van der Waals surface area contributed by atoms with Gasteiger partial charge in [0.2, 0.25) is 5.91 Å². The van der Waals surface area contributed by atoms with Crippen LogP contribution in [0.3, 0.4) is 0 Å². The van der Waals surface area contributed by atoms with Gasteiger partial charge in [-0.25, -0.2) is 0 Å². The number of non-ortho nitro benzene ring substituents is 1. The molecular weight excluding hydrogens is 380 g/mol. The number of hydrogen-bond acceptors (Lipinski definition) is 5. The van der Waals surface area contributed by atoms with Crippen molar-refractivity contribution in [1.82, 2.24) is 5.01 Å². The lowest BCUT2D eigenvalue weighted by atomic mass is 10.0. The Balaban J connectivity index is 1.67. The number of rotatable bonds is 4. The third-order valence-corrected chi connectivity index (χ3v) is 5.35. The van der Waals surface area contributed by atoms with Crippen LogP contribution in [0.4, 0.5) is 11.4 Å². The number of amides is 1. The second-order valence-corrected chi connectivity index (χ2v) is 7.24. The van der Waals surface area contributed by atoms with Crippen LogP contribution in [-0.2, 0) is 11.2 Å². The van der Waals surface area contributed by atoms with Gasteiger partial charge in [0.15, 0.2) is 0 Å². The molecule has 1 saturated heterocycles. The second kappa shape index (κ2) is 8.21.